The Kier molecular flexibility index (Phi) is 3.85. The van der Waals surface area contributed by atoms with Crippen molar-refractivity contribution in [3.05, 3.63) is 22.7 Å². The van der Waals surface area contributed by atoms with Gasteiger partial charge < -0.3 is 14.2 Å². The zero-order valence-corrected chi connectivity index (χ0v) is 12.8. The number of rotatable bonds is 2. The quantitative estimate of drug-likeness (QED) is 0.851. The minimum absolute atomic E-state index is 0.727. The van der Waals surface area contributed by atoms with E-state index in [1.807, 2.05) is 12.1 Å². The number of halogens is 1. The molecule has 0 radical (unpaired) electrons. The van der Waals surface area contributed by atoms with Crippen molar-refractivity contribution >= 4 is 28.7 Å². The van der Waals surface area contributed by atoms with E-state index in [1.165, 1.54) is 0 Å². The second kappa shape index (κ2) is 5.62. The van der Waals surface area contributed by atoms with E-state index in [0.29, 0.717) is 0 Å². The molecule has 4 nitrogen and oxygen atoms in total. The fraction of sp³-hybridized carbons (Fsp3) is 0.533. The minimum atomic E-state index is 0.727. The Bertz CT molecular complexity index is 610. The van der Waals surface area contributed by atoms with Gasteiger partial charge in [0.05, 0.1) is 0 Å². The molecule has 20 heavy (non-hydrogen) atoms. The number of hydrogen-bond acceptors (Lipinski definition) is 4. The summed E-state index contributed by atoms with van der Waals surface area (Å²) in [6.07, 6.45) is 2.03. The number of anilines is 1. The van der Waals surface area contributed by atoms with Gasteiger partial charge in [-0.05, 0) is 44.1 Å². The van der Waals surface area contributed by atoms with Gasteiger partial charge in [-0.25, -0.2) is 0 Å². The first-order valence-corrected chi connectivity index (χ1v) is 7.57. The Morgan fingerprint density at radius 3 is 2.90 bits per heavy atom. The van der Waals surface area contributed by atoms with E-state index in [4.69, 9.17) is 16.0 Å². The van der Waals surface area contributed by atoms with Crippen LogP contribution in [0.5, 0.6) is 0 Å². The third-order valence-corrected chi connectivity index (χ3v) is 4.11. The smallest absolute Gasteiger partial charge is 0.298 e. The number of likely N-dealkylation sites (N-methyl/N-ethyl adjacent to an activating group) is 1. The molecule has 1 aromatic carbocycles. The molecular weight excluding hydrogens is 274 g/mol. The molecule has 0 saturated carbocycles. The molecule has 2 aromatic rings. The summed E-state index contributed by atoms with van der Waals surface area (Å²) in [7, 11) is 2.16. The van der Waals surface area contributed by atoms with Gasteiger partial charge in [0.1, 0.15) is 5.52 Å². The van der Waals surface area contributed by atoms with Crippen LogP contribution in [0.2, 0.25) is 5.02 Å². The van der Waals surface area contributed by atoms with Crippen LogP contribution in [0, 0.1) is 0 Å². The first-order chi connectivity index (χ1) is 9.67. The van der Waals surface area contributed by atoms with Crippen molar-refractivity contribution in [3.8, 4) is 0 Å². The molecule has 0 N–H and O–H groups in total. The molecule has 1 aromatic heterocycles. The zero-order valence-electron chi connectivity index (χ0n) is 12.0. The highest BCUT2D eigenvalue weighted by molar-refractivity contribution is 6.31. The lowest BCUT2D eigenvalue weighted by Gasteiger charge is -2.17. The van der Waals surface area contributed by atoms with E-state index in [-0.39, 0.29) is 0 Å². The Hall–Kier alpha value is -1.26. The number of oxazole rings is 1. The van der Waals surface area contributed by atoms with Crippen LogP contribution in [0.15, 0.2) is 16.5 Å². The predicted octanol–water partition coefficient (Wildman–Crippen LogP) is 3.19. The molecule has 0 spiro atoms. The molecule has 1 aliphatic rings. The van der Waals surface area contributed by atoms with Gasteiger partial charge in [0.2, 0.25) is 0 Å². The van der Waals surface area contributed by atoms with Crippen LogP contribution in [0.3, 0.4) is 0 Å². The van der Waals surface area contributed by atoms with E-state index >= 15 is 0 Å². The number of aryl methyl sites for hydroxylation is 1. The Morgan fingerprint density at radius 2 is 2.10 bits per heavy atom. The minimum Gasteiger partial charge on any atom is -0.423 e. The van der Waals surface area contributed by atoms with Crippen LogP contribution < -0.4 is 4.90 Å². The van der Waals surface area contributed by atoms with Gasteiger partial charge in [-0.3, -0.25) is 0 Å². The van der Waals surface area contributed by atoms with Crippen LogP contribution in [-0.4, -0.2) is 43.1 Å². The maximum Gasteiger partial charge on any atom is 0.298 e. The molecule has 5 heteroatoms. The van der Waals surface area contributed by atoms with Gasteiger partial charge in [0.25, 0.3) is 6.01 Å². The summed E-state index contributed by atoms with van der Waals surface area (Å²) in [5, 5.41) is 0.727. The molecule has 0 unspecified atom stereocenters. The van der Waals surface area contributed by atoms with Crippen molar-refractivity contribution in [2.75, 3.05) is 38.1 Å². The summed E-state index contributed by atoms with van der Waals surface area (Å²) in [4.78, 5) is 9.21. The Labute approximate surface area is 124 Å². The number of benzene rings is 1. The third-order valence-electron chi connectivity index (χ3n) is 3.89. The number of hydrogen-bond donors (Lipinski definition) is 0. The molecule has 1 fully saturated rings. The van der Waals surface area contributed by atoms with Gasteiger partial charge in [0, 0.05) is 24.7 Å². The summed E-state index contributed by atoms with van der Waals surface area (Å²) in [5.74, 6) is 0. The van der Waals surface area contributed by atoms with Crippen molar-refractivity contribution in [1.82, 2.24) is 9.88 Å². The largest absolute Gasteiger partial charge is 0.423 e. The molecule has 108 valence electrons. The Balaban J connectivity index is 1.96. The number of fused-ring (bicyclic) bond motifs is 1. The lowest BCUT2D eigenvalue weighted by atomic mass is 10.1. The maximum atomic E-state index is 6.14. The lowest BCUT2D eigenvalue weighted by molar-refractivity contribution is 0.359. The van der Waals surface area contributed by atoms with Crippen LogP contribution >= 0.6 is 11.6 Å². The van der Waals surface area contributed by atoms with E-state index in [2.05, 4.69) is 28.8 Å². The molecular formula is C15H20ClN3O. The van der Waals surface area contributed by atoms with E-state index in [1.54, 1.807) is 0 Å². The standard InChI is InChI=1S/C15H20ClN3O/c1-3-11-9-12(16)10-13-14(11)20-15(17-13)19-6-4-5-18(2)7-8-19/h9-10H,3-8H2,1-2H3. The number of nitrogens with zero attached hydrogens (tertiary/aromatic N) is 3. The van der Waals surface area contributed by atoms with Crippen LogP contribution in [0.4, 0.5) is 6.01 Å². The summed E-state index contributed by atoms with van der Waals surface area (Å²) < 4.78 is 6.01. The second-order valence-electron chi connectivity index (χ2n) is 5.41. The maximum absolute atomic E-state index is 6.14. The summed E-state index contributed by atoms with van der Waals surface area (Å²) in [6.45, 7) is 6.22. The van der Waals surface area contributed by atoms with Crippen molar-refractivity contribution in [2.24, 2.45) is 0 Å². The van der Waals surface area contributed by atoms with E-state index < -0.39 is 0 Å². The first kappa shape index (κ1) is 13.7. The topological polar surface area (TPSA) is 32.5 Å². The molecule has 1 saturated heterocycles. The fourth-order valence-corrected chi connectivity index (χ4v) is 2.92. The Morgan fingerprint density at radius 1 is 1.25 bits per heavy atom. The van der Waals surface area contributed by atoms with Crippen molar-refractivity contribution in [3.63, 3.8) is 0 Å². The fourth-order valence-electron chi connectivity index (χ4n) is 2.69. The SMILES string of the molecule is CCc1cc(Cl)cc2nc(N3CCCN(C)CC3)oc12. The molecule has 0 bridgehead atoms. The van der Waals surface area contributed by atoms with Crippen LogP contribution in [-0.2, 0) is 6.42 Å². The van der Waals surface area contributed by atoms with Crippen molar-refractivity contribution in [1.29, 1.82) is 0 Å². The second-order valence-corrected chi connectivity index (χ2v) is 5.84. The molecule has 0 aliphatic carbocycles. The monoisotopic (exact) mass is 293 g/mol. The molecule has 0 amide bonds. The van der Waals surface area contributed by atoms with Gasteiger partial charge in [0.15, 0.2) is 5.58 Å². The van der Waals surface area contributed by atoms with Crippen LogP contribution in [0.25, 0.3) is 11.1 Å². The summed E-state index contributed by atoms with van der Waals surface area (Å²) in [6, 6.07) is 4.58. The number of aromatic nitrogens is 1. The van der Waals surface area contributed by atoms with Gasteiger partial charge in [-0.2, -0.15) is 4.98 Å². The highest BCUT2D eigenvalue weighted by Gasteiger charge is 2.18. The summed E-state index contributed by atoms with van der Waals surface area (Å²) in [5.41, 5.74) is 2.87. The summed E-state index contributed by atoms with van der Waals surface area (Å²) >= 11 is 6.14. The highest BCUT2D eigenvalue weighted by atomic mass is 35.5. The average Bonchev–Trinajstić information content (AvgIpc) is 2.72. The van der Waals surface area contributed by atoms with E-state index in [0.717, 1.165) is 66.7 Å². The normalized spacial score (nSPS) is 17.6. The van der Waals surface area contributed by atoms with E-state index in [9.17, 15) is 0 Å². The van der Waals surface area contributed by atoms with Crippen molar-refractivity contribution in [2.45, 2.75) is 19.8 Å². The molecule has 1 aliphatic heterocycles. The van der Waals surface area contributed by atoms with Gasteiger partial charge >= 0.3 is 0 Å². The van der Waals surface area contributed by atoms with Crippen molar-refractivity contribution < 1.29 is 4.42 Å². The first-order valence-electron chi connectivity index (χ1n) is 7.20. The highest BCUT2D eigenvalue weighted by Crippen LogP contribution is 2.29. The van der Waals surface area contributed by atoms with Gasteiger partial charge in [-0.15, -0.1) is 0 Å². The van der Waals surface area contributed by atoms with Gasteiger partial charge in [-0.1, -0.05) is 18.5 Å². The third kappa shape index (κ3) is 2.63. The lowest BCUT2D eigenvalue weighted by Crippen LogP contribution is -2.28. The molecule has 3 rings (SSSR count). The molecule has 2 heterocycles. The average molecular weight is 294 g/mol. The van der Waals surface area contributed by atoms with Crippen LogP contribution in [0.1, 0.15) is 18.9 Å². The molecule has 0 atom stereocenters. The predicted molar refractivity (Wildman–Crippen MR) is 82.7 cm³/mol. The zero-order chi connectivity index (χ0) is 14.1.